The number of ether oxygens (including phenoxy) is 3. The third-order valence-corrected chi connectivity index (χ3v) is 12.3. The van der Waals surface area contributed by atoms with Crippen LogP contribution in [0.3, 0.4) is 0 Å². The normalized spacial score (nSPS) is 39.3. The molecule has 1 aromatic rings. The third-order valence-electron chi connectivity index (χ3n) is 12.3. The van der Waals surface area contributed by atoms with Crippen molar-refractivity contribution in [3.63, 3.8) is 0 Å². The Morgan fingerprint density at radius 3 is 2.38 bits per heavy atom. The molecule has 6 heteroatoms. The van der Waals surface area contributed by atoms with Gasteiger partial charge >= 0.3 is 0 Å². The third kappa shape index (κ3) is 3.53. The summed E-state index contributed by atoms with van der Waals surface area (Å²) in [5, 5.41) is 23.2. The van der Waals surface area contributed by atoms with Crippen molar-refractivity contribution in [2.75, 3.05) is 33.4 Å². The Bertz CT molecular complexity index is 1110. The maximum atomic E-state index is 12.2. The van der Waals surface area contributed by atoms with Crippen LogP contribution >= 0.6 is 0 Å². The van der Waals surface area contributed by atoms with Crippen LogP contribution in [0.2, 0.25) is 0 Å². The molecule has 5 aliphatic carbocycles. The second-order valence-corrected chi connectivity index (χ2v) is 14.6. The molecule has 1 aromatic carbocycles. The van der Waals surface area contributed by atoms with E-state index in [2.05, 4.69) is 31.7 Å². The van der Waals surface area contributed by atoms with Gasteiger partial charge in [0.05, 0.1) is 5.60 Å². The summed E-state index contributed by atoms with van der Waals surface area (Å²) in [6.07, 6.45) is 7.64. The summed E-state index contributed by atoms with van der Waals surface area (Å²) in [7, 11) is 1.83. The van der Waals surface area contributed by atoms with E-state index in [0.29, 0.717) is 11.8 Å². The van der Waals surface area contributed by atoms with Crippen molar-refractivity contribution in [1.82, 2.24) is 4.90 Å². The monoisotopic (exact) mass is 541 g/mol. The molecular weight excluding hydrogens is 490 g/mol. The Hall–Kier alpha value is -1.34. The Morgan fingerprint density at radius 2 is 1.79 bits per heavy atom. The van der Waals surface area contributed by atoms with E-state index >= 15 is 0 Å². The molecule has 218 valence electrons. The number of nitrogens with zero attached hydrogens (tertiary/aromatic N) is 1. The van der Waals surface area contributed by atoms with Crippen LogP contribution in [0.15, 0.2) is 12.1 Å². The fraction of sp³-hybridized carbons (Fsp3) is 0.818. The highest BCUT2D eigenvalue weighted by atomic mass is 16.6. The van der Waals surface area contributed by atoms with Crippen LogP contribution in [0, 0.1) is 22.7 Å². The van der Waals surface area contributed by atoms with Gasteiger partial charge in [0.1, 0.15) is 11.7 Å². The van der Waals surface area contributed by atoms with Gasteiger partial charge in [-0.25, -0.2) is 0 Å². The Labute approximate surface area is 235 Å². The van der Waals surface area contributed by atoms with Crippen molar-refractivity contribution in [2.45, 2.75) is 115 Å². The second kappa shape index (κ2) is 9.08. The quantitative estimate of drug-likeness (QED) is 0.499. The van der Waals surface area contributed by atoms with Crippen molar-refractivity contribution < 1.29 is 24.4 Å². The van der Waals surface area contributed by atoms with E-state index in [1.807, 2.05) is 33.9 Å². The van der Waals surface area contributed by atoms with Crippen molar-refractivity contribution in [3.05, 3.63) is 23.3 Å². The van der Waals surface area contributed by atoms with Gasteiger partial charge in [-0.3, -0.25) is 4.90 Å². The van der Waals surface area contributed by atoms with Gasteiger partial charge in [0.2, 0.25) is 0 Å². The minimum Gasteiger partial charge on any atom is -0.504 e. The fourth-order valence-corrected chi connectivity index (χ4v) is 9.78. The summed E-state index contributed by atoms with van der Waals surface area (Å²) >= 11 is 0. The van der Waals surface area contributed by atoms with Crippen LogP contribution in [0.25, 0.3) is 0 Å². The molecule has 0 amide bonds. The molecule has 4 bridgehead atoms. The van der Waals surface area contributed by atoms with Crippen LogP contribution in [0.1, 0.15) is 91.2 Å². The average molecular weight is 542 g/mol. The first kappa shape index (κ1) is 27.8. The molecule has 7 atom stereocenters. The van der Waals surface area contributed by atoms with Crippen molar-refractivity contribution in [1.29, 1.82) is 0 Å². The first-order valence-corrected chi connectivity index (χ1v) is 15.5. The van der Waals surface area contributed by atoms with Gasteiger partial charge in [-0.2, -0.15) is 0 Å². The highest BCUT2D eigenvalue weighted by Crippen LogP contribution is 2.78. The smallest absolute Gasteiger partial charge is 0.165 e. The molecule has 2 heterocycles. The first-order chi connectivity index (χ1) is 18.4. The lowest BCUT2D eigenvalue weighted by molar-refractivity contribution is -0.312. The molecule has 7 aliphatic rings. The molecule has 2 aliphatic heterocycles. The summed E-state index contributed by atoms with van der Waals surface area (Å²) in [5.41, 5.74) is 0.783. The number of likely N-dealkylation sites (tertiary alicyclic amines) is 1. The predicted octanol–water partition coefficient (Wildman–Crippen LogP) is 5.46. The molecule has 5 fully saturated rings. The Morgan fingerprint density at radius 1 is 1.08 bits per heavy atom. The number of hydrogen-bond donors (Lipinski definition) is 2. The number of piperidine rings is 1. The predicted molar refractivity (Wildman–Crippen MR) is 152 cm³/mol. The number of phenols is 1. The van der Waals surface area contributed by atoms with Gasteiger partial charge in [0, 0.05) is 55.2 Å². The van der Waals surface area contributed by atoms with Crippen LogP contribution < -0.4 is 4.74 Å². The number of aromatic hydroxyl groups is 1. The number of methoxy groups -OCH3 is 1. The van der Waals surface area contributed by atoms with E-state index in [1.165, 1.54) is 30.5 Å². The lowest BCUT2D eigenvalue weighted by Crippen LogP contribution is -2.83. The van der Waals surface area contributed by atoms with E-state index < -0.39 is 11.2 Å². The molecular formula is C33H51NO5. The van der Waals surface area contributed by atoms with E-state index in [9.17, 15) is 10.2 Å². The van der Waals surface area contributed by atoms with Gasteiger partial charge in [-0.1, -0.05) is 26.8 Å². The lowest BCUT2D eigenvalue weighted by Gasteiger charge is -2.75. The molecule has 0 radical (unpaired) electrons. The standard InChI is InChI=1S/C29H41NO4.C4H10O/c1-25(2,3)26(4,32)20-15-27-10-11-29(20,33-5)24-28(27)12-13-30(16-17-6-7-17)21(27)14-18-8-9-19(31)23(34-24)22(18)28;1-3-5-4-2/h8-9,17,20-21,24,31-32H,6-7,10-16H2,1-5H3;3-4H2,1-2H3/t20-,21-,24-,26+,27-,28+,29+;/m1./s1. The maximum Gasteiger partial charge on any atom is 0.165 e. The Kier molecular flexibility index (Phi) is 6.47. The molecule has 0 aromatic heterocycles. The molecule has 4 saturated carbocycles. The van der Waals surface area contributed by atoms with Crippen LogP contribution in [-0.4, -0.2) is 71.9 Å². The Balaban J connectivity index is 0.000000510. The number of fused-ring (bicyclic) bond motifs is 2. The summed E-state index contributed by atoms with van der Waals surface area (Å²) in [5.74, 6) is 1.80. The maximum absolute atomic E-state index is 12.2. The molecule has 8 rings (SSSR count). The lowest BCUT2D eigenvalue weighted by atomic mass is 9.33. The summed E-state index contributed by atoms with van der Waals surface area (Å²) in [6.45, 7) is 16.5. The average Bonchev–Trinajstić information content (AvgIpc) is 3.64. The zero-order valence-corrected chi connectivity index (χ0v) is 25.3. The second-order valence-electron chi connectivity index (χ2n) is 14.6. The number of aliphatic hydroxyl groups is 1. The fourth-order valence-electron chi connectivity index (χ4n) is 9.78. The number of rotatable bonds is 6. The van der Waals surface area contributed by atoms with E-state index in [-0.39, 0.29) is 34.0 Å². The zero-order chi connectivity index (χ0) is 28.0. The number of phenolic OH excluding ortho intramolecular Hbond substituents is 1. The molecule has 2 N–H and O–H groups in total. The van der Waals surface area contributed by atoms with Gasteiger partial charge in [-0.15, -0.1) is 0 Å². The zero-order valence-electron chi connectivity index (χ0n) is 25.3. The van der Waals surface area contributed by atoms with Crippen LogP contribution in [0.5, 0.6) is 11.5 Å². The molecule has 39 heavy (non-hydrogen) atoms. The minimum absolute atomic E-state index is 0.0294. The van der Waals surface area contributed by atoms with Gasteiger partial charge in [0.25, 0.3) is 0 Å². The van der Waals surface area contributed by atoms with Crippen molar-refractivity contribution in [3.8, 4) is 11.5 Å². The first-order valence-electron chi connectivity index (χ1n) is 15.5. The summed E-state index contributed by atoms with van der Waals surface area (Å²) < 4.78 is 18.3. The van der Waals surface area contributed by atoms with Crippen LogP contribution in [-0.2, 0) is 21.3 Å². The van der Waals surface area contributed by atoms with E-state index in [0.717, 1.165) is 57.8 Å². The minimum atomic E-state index is -0.909. The topological polar surface area (TPSA) is 71.4 Å². The molecule has 0 unspecified atom stereocenters. The molecule has 6 nitrogen and oxygen atoms in total. The SMILES string of the molecule is CCOCC.CO[C@@]12CC[C@@]3(C[C@@H]1[C@](C)(O)C(C)(C)C)[C@H]1Cc4ccc(O)c5c4[C@@]3(CCN1CC1CC1)[C@H]2O5. The van der Waals surface area contributed by atoms with Gasteiger partial charge < -0.3 is 24.4 Å². The van der Waals surface area contributed by atoms with Crippen LogP contribution in [0.4, 0.5) is 0 Å². The van der Waals surface area contributed by atoms with E-state index in [4.69, 9.17) is 14.2 Å². The highest BCUT2D eigenvalue weighted by molar-refractivity contribution is 5.63. The molecule has 2 spiro atoms. The molecule has 1 saturated heterocycles. The number of hydrogen-bond acceptors (Lipinski definition) is 6. The largest absolute Gasteiger partial charge is 0.504 e. The number of benzene rings is 1. The van der Waals surface area contributed by atoms with Gasteiger partial charge in [0.15, 0.2) is 11.5 Å². The van der Waals surface area contributed by atoms with E-state index in [1.54, 1.807) is 0 Å². The van der Waals surface area contributed by atoms with Gasteiger partial charge in [-0.05, 0) is 95.2 Å². The summed E-state index contributed by atoms with van der Waals surface area (Å²) in [4.78, 5) is 2.82. The highest BCUT2D eigenvalue weighted by Gasteiger charge is 2.82. The van der Waals surface area contributed by atoms with Crippen molar-refractivity contribution >= 4 is 0 Å². The summed E-state index contributed by atoms with van der Waals surface area (Å²) in [6, 6.07) is 4.46. The van der Waals surface area contributed by atoms with Crippen molar-refractivity contribution in [2.24, 2.45) is 22.7 Å².